The smallest absolute Gasteiger partial charge is 0.273 e. The lowest BCUT2D eigenvalue weighted by Crippen LogP contribution is -2.14. The van der Waals surface area contributed by atoms with Crippen molar-refractivity contribution in [2.75, 3.05) is 25.6 Å². The topological polar surface area (TPSA) is 90.7 Å². The number of nitro benzene ring substituents is 1. The minimum absolute atomic E-state index is 0.0874. The summed E-state index contributed by atoms with van der Waals surface area (Å²) in [7, 11) is 1.51. The molecule has 0 bridgehead atoms. The first-order chi connectivity index (χ1) is 11.9. The van der Waals surface area contributed by atoms with Crippen molar-refractivity contribution in [3.63, 3.8) is 0 Å². The first-order valence-electron chi connectivity index (χ1n) is 7.40. The first-order valence-corrected chi connectivity index (χ1v) is 7.40. The van der Waals surface area contributed by atoms with Crippen LogP contribution in [0.4, 0.5) is 15.8 Å². The predicted octanol–water partition coefficient (Wildman–Crippen LogP) is 3.32. The number of rotatable bonds is 7. The zero-order chi connectivity index (χ0) is 18.4. The molecule has 1 N–H and O–H groups in total. The summed E-state index contributed by atoms with van der Waals surface area (Å²) in [5, 5.41) is 13.5. The molecule has 2 aromatic carbocycles. The number of nitrogens with one attached hydrogen (secondary N) is 1. The zero-order valence-corrected chi connectivity index (χ0v) is 13.7. The van der Waals surface area contributed by atoms with Gasteiger partial charge in [0.25, 0.3) is 11.6 Å². The molecule has 0 radical (unpaired) electrons. The van der Waals surface area contributed by atoms with E-state index in [9.17, 15) is 19.3 Å². The number of nitro groups is 1. The van der Waals surface area contributed by atoms with Crippen LogP contribution < -0.4 is 10.1 Å². The van der Waals surface area contributed by atoms with Gasteiger partial charge in [0.1, 0.15) is 18.2 Å². The molecule has 0 aromatic heterocycles. The summed E-state index contributed by atoms with van der Waals surface area (Å²) in [6.07, 6.45) is 0. The van der Waals surface area contributed by atoms with Gasteiger partial charge in [-0.15, -0.1) is 0 Å². The van der Waals surface area contributed by atoms with Crippen LogP contribution in [0.15, 0.2) is 36.4 Å². The van der Waals surface area contributed by atoms with E-state index in [1.807, 2.05) is 0 Å². The number of amides is 1. The molecule has 1 amide bonds. The molecule has 25 heavy (non-hydrogen) atoms. The SMILES string of the molecule is COCCOc1ccc(F)cc1NC(=O)c1ccc(C)c([N+](=O)[O-])c1. The van der Waals surface area contributed by atoms with Crippen LogP contribution in [-0.4, -0.2) is 31.2 Å². The van der Waals surface area contributed by atoms with Crippen molar-refractivity contribution in [3.8, 4) is 5.75 Å². The third-order valence-electron chi connectivity index (χ3n) is 3.40. The zero-order valence-electron chi connectivity index (χ0n) is 13.7. The van der Waals surface area contributed by atoms with Crippen molar-refractivity contribution < 1.29 is 23.6 Å². The summed E-state index contributed by atoms with van der Waals surface area (Å²) in [6, 6.07) is 7.82. The standard InChI is InChI=1S/C17H17FN2O5/c1-11-3-4-12(9-15(11)20(22)23)17(21)19-14-10-13(18)5-6-16(14)25-8-7-24-2/h3-6,9-10H,7-8H2,1-2H3,(H,19,21). The van der Waals surface area contributed by atoms with E-state index < -0.39 is 16.6 Å². The summed E-state index contributed by atoms with van der Waals surface area (Å²) >= 11 is 0. The number of halogens is 1. The molecule has 0 saturated carbocycles. The van der Waals surface area contributed by atoms with E-state index >= 15 is 0 Å². The lowest BCUT2D eigenvalue weighted by atomic mass is 10.1. The maximum Gasteiger partial charge on any atom is 0.273 e. The number of methoxy groups -OCH3 is 1. The molecule has 2 rings (SSSR count). The van der Waals surface area contributed by atoms with Gasteiger partial charge in [0.2, 0.25) is 0 Å². The van der Waals surface area contributed by atoms with E-state index in [-0.39, 0.29) is 29.3 Å². The number of nitrogens with zero attached hydrogens (tertiary/aromatic N) is 1. The number of ether oxygens (including phenoxy) is 2. The minimum Gasteiger partial charge on any atom is -0.489 e. The molecule has 8 heteroatoms. The fraction of sp³-hybridized carbons (Fsp3) is 0.235. The Morgan fingerprint density at radius 1 is 1.24 bits per heavy atom. The fourth-order valence-corrected chi connectivity index (χ4v) is 2.10. The summed E-state index contributed by atoms with van der Waals surface area (Å²) in [5.74, 6) is -0.886. The Hall–Kier alpha value is -3.00. The Morgan fingerprint density at radius 3 is 2.68 bits per heavy atom. The number of anilines is 1. The van der Waals surface area contributed by atoms with E-state index in [0.717, 1.165) is 6.07 Å². The summed E-state index contributed by atoms with van der Waals surface area (Å²) < 4.78 is 23.8. The summed E-state index contributed by atoms with van der Waals surface area (Å²) in [4.78, 5) is 22.8. The number of carbonyl (C=O) groups is 1. The Labute approximate surface area is 143 Å². The molecule has 0 aliphatic heterocycles. The van der Waals surface area contributed by atoms with Crippen molar-refractivity contribution in [2.24, 2.45) is 0 Å². The first kappa shape index (κ1) is 18.3. The lowest BCUT2D eigenvalue weighted by Gasteiger charge is -2.12. The number of hydrogen-bond donors (Lipinski definition) is 1. The van der Waals surface area contributed by atoms with E-state index in [0.29, 0.717) is 12.2 Å². The van der Waals surface area contributed by atoms with E-state index in [4.69, 9.17) is 9.47 Å². The molecule has 0 saturated heterocycles. The van der Waals surface area contributed by atoms with Gasteiger partial charge in [0.05, 0.1) is 17.2 Å². The Bertz CT molecular complexity index is 795. The van der Waals surface area contributed by atoms with Crippen LogP contribution in [0.2, 0.25) is 0 Å². The predicted molar refractivity (Wildman–Crippen MR) is 89.6 cm³/mol. The highest BCUT2D eigenvalue weighted by atomic mass is 19.1. The molecule has 132 valence electrons. The van der Waals surface area contributed by atoms with Crippen molar-refractivity contribution in [1.82, 2.24) is 0 Å². The molecule has 0 spiro atoms. The van der Waals surface area contributed by atoms with Crippen molar-refractivity contribution in [2.45, 2.75) is 6.92 Å². The van der Waals surface area contributed by atoms with Gasteiger partial charge in [-0.25, -0.2) is 4.39 Å². The highest BCUT2D eigenvalue weighted by Gasteiger charge is 2.16. The maximum atomic E-state index is 13.5. The maximum absolute atomic E-state index is 13.5. The van der Waals surface area contributed by atoms with Gasteiger partial charge in [-0.2, -0.15) is 0 Å². The largest absolute Gasteiger partial charge is 0.489 e. The van der Waals surface area contributed by atoms with Gasteiger partial charge in [0.15, 0.2) is 0 Å². The monoisotopic (exact) mass is 348 g/mol. The van der Waals surface area contributed by atoms with Crippen LogP contribution in [0.25, 0.3) is 0 Å². The van der Waals surface area contributed by atoms with Gasteiger partial charge in [-0.3, -0.25) is 14.9 Å². The van der Waals surface area contributed by atoms with Crippen LogP contribution in [0.1, 0.15) is 15.9 Å². The molecular weight excluding hydrogens is 331 g/mol. The molecule has 0 unspecified atom stereocenters. The molecule has 0 heterocycles. The Kier molecular flexibility index (Phi) is 6.02. The van der Waals surface area contributed by atoms with Crippen LogP contribution in [0, 0.1) is 22.9 Å². The molecule has 0 aliphatic rings. The second kappa shape index (κ2) is 8.20. The molecule has 7 nitrogen and oxygen atoms in total. The van der Waals surface area contributed by atoms with Crippen LogP contribution in [-0.2, 0) is 4.74 Å². The molecule has 0 fully saturated rings. The molecule has 2 aromatic rings. The van der Waals surface area contributed by atoms with Crippen molar-refractivity contribution in [1.29, 1.82) is 0 Å². The van der Waals surface area contributed by atoms with Gasteiger partial charge in [-0.1, -0.05) is 6.07 Å². The quantitative estimate of drug-likeness (QED) is 0.471. The Balaban J connectivity index is 2.24. The summed E-state index contributed by atoms with van der Waals surface area (Å²) in [5.41, 5.74) is 0.494. The van der Waals surface area contributed by atoms with Crippen LogP contribution >= 0.6 is 0 Å². The minimum atomic E-state index is -0.606. The third kappa shape index (κ3) is 4.74. The number of aryl methyl sites for hydroxylation is 1. The molecular formula is C17H17FN2O5. The highest BCUT2D eigenvalue weighted by molar-refractivity contribution is 6.05. The average Bonchev–Trinajstić information content (AvgIpc) is 2.57. The van der Waals surface area contributed by atoms with Gasteiger partial charge in [0, 0.05) is 30.4 Å². The third-order valence-corrected chi connectivity index (χ3v) is 3.40. The van der Waals surface area contributed by atoms with Crippen molar-refractivity contribution in [3.05, 3.63) is 63.5 Å². The molecule has 0 aliphatic carbocycles. The normalized spacial score (nSPS) is 10.4. The second-order valence-corrected chi connectivity index (χ2v) is 5.19. The number of hydrogen-bond acceptors (Lipinski definition) is 5. The van der Waals surface area contributed by atoms with E-state index in [1.54, 1.807) is 6.92 Å². The highest BCUT2D eigenvalue weighted by Crippen LogP contribution is 2.27. The van der Waals surface area contributed by atoms with Crippen LogP contribution in [0.5, 0.6) is 5.75 Å². The van der Waals surface area contributed by atoms with E-state index in [2.05, 4.69) is 5.32 Å². The van der Waals surface area contributed by atoms with Gasteiger partial charge < -0.3 is 14.8 Å². The number of benzene rings is 2. The van der Waals surface area contributed by atoms with Gasteiger partial charge in [-0.05, 0) is 25.1 Å². The Morgan fingerprint density at radius 2 is 2.00 bits per heavy atom. The van der Waals surface area contributed by atoms with E-state index in [1.165, 1.54) is 37.4 Å². The fourth-order valence-electron chi connectivity index (χ4n) is 2.10. The second-order valence-electron chi connectivity index (χ2n) is 5.19. The molecule has 0 atom stereocenters. The van der Waals surface area contributed by atoms with Crippen molar-refractivity contribution >= 4 is 17.3 Å². The summed E-state index contributed by atoms with van der Waals surface area (Å²) in [6.45, 7) is 2.13. The average molecular weight is 348 g/mol. The lowest BCUT2D eigenvalue weighted by molar-refractivity contribution is -0.385. The van der Waals surface area contributed by atoms with Crippen LogP contribution in [0.3, 0.4) is 0 Å². The number of carbonyl (C=O) groups excluding carboxylic acids is 1. The van der Waals surface area contributed by atoms with Gasteiger partial charge >= 0.3 is 0 Å².